The van der Waals surface area contributed by atoms with E-state index in [0.717, 1.165) is 38.5 Å². The molecule has 0 unspecified atom stereocenters. The molecule has 0 heterocycles. The van der Waals surface area contributed by atoms with Gasteiger partial charge in [-0.25, -0.2) is 0 Å². The minimum absolute atomic E-state index is 0.625. The van der Waals surface area contributed by atoms with Gasteiger partial charge in [0.25, 0.3) is 0 Å². The summed E-state index contributed by atoms with van der Waals surface area (Å²) in [5.41, 5.74) is 6.10. The van der Waals surface area contributed by atoms with Crippen LogP contribution in [0.25, 0.3) is 17.3 Å². The van der Waals surface area contributed by atoms with Gasteiger partial charge in [-0.3, -0.25) is 0 Å². The zero-order chi connectivity index (χ0) is 16.1. The van der Waals surface area contributed by atoms with E-state index >= 15 is 0 Å². The second-order valence-corrected chi connectivity index (χ2v) is 5.62. The number of rotatable bonds is 6. The van der Waals surface area contributed by atoms with E-state index in [0.29, 0.717) is 6.54 Å². The van der Waals surface area contributed by atoms with Crippen molar-refractivity contribution in [2.45, 2.75) is 13.5 Å². The maximum Gasteiger partial charge on any atom is 0.0461 e. The van der Waals surface area contributed by atoms with Gasteiger partial charge in [-0.1, -0.05) is 79.4 Å². The van der Waals surface area contributed by atoms with Crippen molar-refractivity contribution in [1.29, 1.82) is 0 Å². The van der Waals surface area contributed by atoms with Crippen molar-refractivity contribution in [3.8, 4) is 0 Å². The second kappa shape index (κ2) is 7.15. The molecule has 2 aromatic carbocycles. The van der Waals surface area contributed by atoms with Crippen molar-refractivity contribution in [1.82, 2.24) is 5.32 Å². The van der Waals surface area contributed by atoms with Gasteiger partial charge >= 0.3 is 0 Å². The van der Waals surface area contributed by atoms with E-state index < -0.39 is 0 Å². The van der Waals surface area contributed by atoms with Crippen LogP contribution in [0.5, 0.6) is 0 Å². The van der Waals surface area contributed by atoms with Crippen LogP contribution in [-0.4, -0.2) is 0 Å². The van der Waals surface area contributed by atoms with Crippen molar-refractivity contribution in [3.05, 3.63) is 89.5 Å². The first-order valence-corrected chi connectivity index (χ1v) is 7.49. The molecular weight excluding hydrogens is 290 g/mol. The standard InChI is InChI=1S/C20H20ClN/c1-5-16-10-11-17(20(21)12-16)13-22-15(4)19-9-7-6-8-18(19)14(2)3/h5-12,22H,1-2,4,13H2,3H3. The summed E-state index contributed by atoms with van der Waals surface area (Å²) in [5.74, 6) is 0. The zero-order valence-corrected chi connectivity index (χ0v) is 13.6. The summed E-state index contributed by atoms with van der Waals surface area (Å²) >= 11 is 6.29. The van der Waals surface area contributed by atoms with Crippen molar-refractivity contribution >= 4 is 28.9 Å². The normalized spacial score (nSPS) is 10.1. The van der Waals surface area contributed by atoms with Gasteiger partial charge in [-0.05, 0) is 29.7 Å². The quantitative estimate of drug-likeness (QED) is 0.713. The lowest BCUT2D eigenvalue weighted by molar-refractivity contribution is 0.891. The molecule has 1 N–H and O–H groups in total. The third-order valence-electron chi connectivity index (χ3n) is 3.52. The van der Waals surface area contributed by atoms with Gasteiger partial charge in [0, 0.05) is 22.8 Å². The van der Waals surface area contributed by atoms with E-state index in [9.17, 15) is 0 Å². The first kappa shape index (κ1) is 16.1. The van der Waals surface area contributed by atoms with Gasteiger partial charge < -0.3 is 5.32 Å². The second-order valence-electron chi connectivity index (χ2n) is 5.21. The van der Waals surface area contributed by atoms with E-state index in [-0.39, 0.29) is 0 Å². The van der Waals surface area contributed by atoms with Gasteiger partial charge in [-0.15, -0.1) is 0 Å². The molecule has 2 rings (SSSR count). The Morgan fingerprint density at radius 1 is 1.14 bits per heavy atom. The summed E-state index contributed by atoms with van der Waals surface area (Å²) in [6, 6.07) is 14.0. The van der Waals surface area contributed by atoms with Gasteiger partial charge in [0.15, 0.2) is 0 Å². The highest BCUT2D eigenvalue weighted by Crippen LogP contribution is 2.23. The molecule has 2 heteroatoms. The lowest BCUT2D eigenvalue weighted by Crippen LogP contribution is -2.12. The fraction of sp³-hybridized carbons (Fsp3) is 0.100. The molecule has 22 heavy (non-hydrogen) atoms. The van der Waals surface area contributed by atoms with Crippen LogP contribution in [0.3, 0.4) is 0 Å². The SMILES string of the molecule is C=Cc1ccc(CNC(=C)c2ccccc2C(=C)C)c(Cl)c1. The predicted molar refractivity (Wildman–Crippen MR) is 98.6 cm³/mol. The minimum atomic E-state index is 0.625. The van der Waals surface area contributed by atoms with Crippen LogP contribution >= 0.6 is 11.6 Å². The fourth-order valence-electron chi connectivity index (χ4n) is 2.25. The number of halogens is 1. The molecule has 0 aliphatic rings. The molecule has 0 fully saturated rings. The lowest BCUT2D eigenvalue weighted by atomic mass is 10.00. The zero-order valence-electron chi connectivity index (χ0n) is 12.8. The molecule has 112 valence electrons. The van der Waals surface area contributed by atoms with E-state index in [4.69, 9.17) is 11.6 Å². The fourth-order valence-corrected chi connectivity index (χ4v) is 2.51. The summed E-state index contributed by atoms with van der Waals surface area (Å²) in [5, 5.41) is 4.07. The van der Waals surface area contributed by atoms with Gasteiger partial charge in [0.1, 0.15) is 0 Å². The van der Waals surface area contributed by atoms with E-state index in [1.165, 1.54) is 0 Å². The van der Waals surface area contributed by atoms with Crippen LogP contribution in [0.4, 0.5) is 0 Å². The average molecular weight is 310 g/mol. The molecule has 0 aliphatic heterocycles. The average Bonchev–Trinajstić information content (AvgIpc) is 2.53. The summed E-state index contributed by atoms with van der Waals surface area (Å²) in [7, 11) is 0. The smallest absolute Gasteiger partial charge is 0.0461 e. The molecule has 0 radical (unpaired) electrons. The maximum atomic E-state index is 6.29. The molecule has 0 amide bonds. The summed E-state index contributed by atoms with van der Waals surface area (Å²) < 4.78 is 0. The van der Waals surface area contributed by atoms with Gasteiger partial charge in [-0.2, -0.15) is 0 Å². The highest BCUT2D eigenvalue weighted by atomic mass is 35.5. The van der Waals surface area contributed by atoms with Gasteiger partial charge in [0.05, 0.1) is 0 Å². The first-order chi connectivity index (χ1) is 10.5. The Morgan fingerprint density at radius 2 is 1.82 bits per heavy atom. The Morgan fingerprint density at radius 3 is 2.41 bits per heavy atom. The van der Waals surface area contributed by atoms with Crippen LogP contribution in [-0.2, 0) is 6.54 Å². The number of hydrogen-bond donors (Lipinski definition) is 1. The van der Waals surface area contributed by atoms with E-state index in [1.807, 2.05) is 43.3 Å². The molecule has 1 nitrogen and oxygen atoms in total. The lowest BCUT2D eigenvalue weighted by Gasteiger charge is -2.15. The number of nitrogens with one attached hydrogen (secondary N) is 1. The Bertz CT molecular complexity index is 728. The van der Waals surface area contributed by atoms with Crippen LogP contribution in [0.2, 0.25) is 5.02 Å². The molecule has 0 spiro atoms. The Hall–Kier alpha value is -2.25. The van der Waals surface area contributed by atoms with Crippen molar-refractivity contribution in [2.24, 2.45) is 0 Å². The molecule has 2 aromatic rings. The van der Waals surface area contributed by atoms with E-state index in [2.05, 4.69) is 31.1 Å². The molecule has 0 aromatic heterocycles. The van der Waals surface area contributed by atoms with Crippen LogP contribution in [0.15, 0.2) is 62.2 Å². The summed E-state index contributed by atoms with van der Waals surface area (Å²) in [6.07, 6.45) is 1.78. The van der Waals surface area contributed by atoms with Crippen LogP contribution in [0.1, 0.15) is 29.2 Å². The van der Waals surface area contributed by atoms with Crippen molar-refractivity contribution in [3.63, 3.8) is 0 Å². The number of hydrogen-bond acceptors (Lipinski definition) is 1. The van der Waals surface area contributed by atoms with Crippen LogP contribution < -0.4 is 5.32 Å². The Kier molecular flexibility index (Phi) is 5.24. The summed E-state index contributed by atoms with van der Waals surface area (Å²) in [6.45, 7) is 14.5. The van der Waals surface area contributed by atoms with E-state index in [1.54, 1.807) is 6.08 Å². The molecule has 0 saturated carbocycles. The first-order valence-electron chi connectivity index (χ1n) is 7.12. The third kappa shape index (κ3) is 3.69. The monoisotopic (exact) mass is 309 g/mol. The van der Waals surface area contributed by atoms with Crippen molar-refractivity contribution in [2.75, 3.05) is 0 Å². The van der Waals surface area contributed by atoms with Gasteiger partial charge in [0.2, 0.25) is 0 Å². The summed E-state index contributed by atoms with van der Waals surface area (Å²) in [4.78, 5) is 0. The molecule has 0 bridgehead atoms. The minimum Gasteiger partial charge on any atom is -0.381 e. The molecule has 0 atom stereocenters. The topological polar surface area (TPSA) is 12.0 Å². The van der Waals surface area contributed by atoms with Crippen LogP contribution in [0, 0.1) is 0 Å². The number of allylic oxidation sites excluding steroid dienone is 1. The predicted octanol–water partition coefficient (Wildman–Crippen LogP) is 5.78. The Labute approximate surface area is 137 Å². The largest absolute Gasteiger partial charge is 0.381 e. The number of benzene rings is 2. The molecule has 0 aliphatic carbocycles. The third-order valence-corrected chi connectivity index (χ3v) is 3.87. The highest BCUT2D eigenvalue weighted by Gasteiger charge is 2.07. The molecule has 0 saturated heterocycles. The maximum absolute atomic E-state index is 6.29. The Balaban J connectivity index is 2.14. The van der Waals surface area contributed by atoms with Crippen molar-refractivity contribution < 1.29 is 0 Å². The highest BCUT2D eigenvalue weighted by molar-refractivity contribution is 6.31. The molecular formula is C20H20ClN.